The zero-order valence-corrected chi connectivity index (χ0v) is 27.7. The molecule has 0 fully saturated rings. The minimum absolute atomic E-state index is 0. The summed E-state index contributed by atoms with van der Waals surface area (Å²) in [7, 11) is -11.6. The summed E-state index contributed by atoms with van der Waals surface area (Å²) in [4.78, 5) is 39.8. The Morgan fingerprint density at radius 3 is 0.938 bits per heavy atom. The molecular weight excluding hydrogens is 393 g/mol. The van der Waals surface area contributed by atoms with Gasteiger partial charge in [-0.2, -0.15) is 0 Å². The molecule has 14 heteroatoms. The number of rotatable bonds is 2. The fraction of sp³-hybridized carbons (Fsp3) is 1.00. The van der Waals surface area contributed by atoms with Crippen LogP contribution >= 0.6 is 15.2 Å². The van der Waals surface area contributed by atoms with E-state index < -0.39 is 20.3 Å². The molecule has 0 spiro atoms. The fourth-order valence-electron chi connectivity index (χ4n) is 0.150. The molecule has 0 unspecified atom stereocenters. The number of hydrogen-bond acceptors (Lipinski definition) is 7. The quantitative estimate of drug-likeness (QED) is 0.359. The van der Waals surface area contributed by atoms with Gasteiger partial charge in [-0.3, -0.25) is 0 Å². The molecule has 0 aromatic rings. The average Bonchev–Trinajstić information content (AvgIpc) is 1.58. The summed E-state index contributed by atoms with van der Waals surface area (Å²) in [5, 5.41) is 4.68. The molecule has 0 aliphatic rings. The molecule has 0 atom stereocenters. The Kier molecular flexibility index (Phi) is 41.7. The predicted molar refractivity (Wildman–Crippen MR) is 25.8 cm³/mol. The molecule has 0 heterocycles. The summed E-state index contributed by atoms with van der Waals surface area (Å²) in [6.07, 6.45) is 0. The molecule has 0 radical (unpaired) electrons. The van der Waals surface area contributed by atoms with Gasteiger partial charge in [0.2, 0.25) is 0 Å². The third-order valence-corrected chi connectivity index (χ3v) is 4.58. The average molecular weight is 397 g/mol. The van der Waals surface area contributed by atoms with E-state index >= 15 is 0 Å². The van der Waals surface area contributed by atoms with E-state index in [1.54, 1.807) is 0 Å². The molecule has 16 heavy (non-hydrogen) atoms. The first-order chi connectivity index (χ1) is 4.50. The number of aliphatic hydroxyl groups is 1. The molecule has 0 rings (SSSR count). The van der Waals surface area contributed by atoms with Crippen LogP contribution in [-0.4, -0.2) is 10.2 Å². The summed E-state index contributed by atoms with van der Waals surface area (Å²) in [5.74, 6) is 0. The summed E-state index contributed by atoms with van der Waals surface area (Å²) >= 11 is 0. The molecule has 7 nitrogen and oxygen atoms in total. The Bertz CT molecular complexity index is 221. The van der Waals surface area contributed by atoms with E-state index in [9.17, 15) is 28.7 Å². The van der Waals surface area contributed by atoms with E-state index in [1.165, 1.54) is 0 Å². The van der Waals surface area contributed by atoms with Gasteiger partial charge in [0.15, 0.2) is 0 Å². The van der Waals surface area contributed by atoms with Crippen molar-refractivity contribution in [3.8, 4) is 0 Å². The fourth-order valence-corrected chi connectivity index (χ4v) is 1.35. The molecule has 0 aromatic heterocycles. The minimum atomic E-state index is -5.82. The third-order valence-electron chi connectivity index (χ3n) is 1.04. The first-order valence-corrected chi connectivity index (χ1v) is 5.35. The van der Waals surface area contributed by atoms with Crippen molar-refractivity contribution in [2.24, 2.45) is 0 Å². The SMILES string of the molecule is CC(O)(P(=O)([O-])[O-])P(=O)([O-])[O-].[K+].[K+].[K+].[K+].[K+]. The van der Waals surface area contributed by atoms with Crippen molar-refractivity contribution in [1.82, 2.24) is 0 Å². The van der Waals surface area contributed by atoms with E-state index in [-0.39, 0.29) is 264 Å². The third kappa shape index (κ3) is 14.8. The molecule has 0 aliphatic carbocycles. The molecular formula is C2H4K5O7P2+. The Labute approximate surface area is 307 Å². The van der Waals surface area contributed by atoms with Crippen LogP contribution in [0.5, 0.6) is 0 Å². The zero-order chi connectivity index (χ0) is 9.50. The van der Waals surface area contributed by atoms with Crippen LogP contribution in [0.3, 0.4) is 0 Å². The normalized spacial score (nSPS) is 10.4. The Balaban J connectivity index is -0.0000000500. The van der Waals surface area contributed by atoms with Crippen LogP contribution in [0.25, 0.3) is 0 Å². The standard InChI is InChI=1S/C2H8O7P2.5K/c1-2(3,10(4,5)6)11(7,8)9;;;;;/h3H,1H3,(H2,4,5,6)(H2,7,8,9);;;;;/q;5*+1/p-4. The zero-order valence-electron chi connectivity index (χ0n) is 10.3. The van der Waals surface area contributed by atoms with Gasteiger partial charge in [0.05, 0.1) is 0 Å². The van der Waals surface area contributed by atoms with Crippen molar-refractivity contribution in [2.75, 3.05) is 0 Å². The van der Waals surface area contributed by atoms with Gasteiger partial charge < -0.3 is 33.8 Å². The van der Waals surface area contributed by atoms with Gasteiger partial charge in [-0.05, 0) is 22.1 Å². The Morgan fingerprint density at radius 1 is 0.812 bits per heavy atom. The van der Waals surface area contributed by atoms with Gasteiger partial charge in [0.1, 0.15) is 5.08 Å². The van der Waals surface area contributed by atoms with Crippen molar-refractivity contribution in [1.29, 1.82) is 0 Å². The van der Waals surface area contributed by atoms with Crippen molar-refractivity contribution in [3.63, 3.8) is 0 Å². The molecule has 68 valence electrons. The van der Waals surface area contributed by atoms with E-state index in [2.05, 4.69) is 0 Å². The van der Waals surface area contributed by atoms with E-state index in [0.717, 1.165) is 0 Å². The Morgan fingerprint density at radius 2 is 0.938 bits per heavy atom. The van der Waals surface area contributed by atoms with E-state index in [4.69, 9.17) is 5.11 Å². The minimum Gasteiger partial charge on any atom is -0.808 e. The smallest absolute Gasteiger partial charge is 0.808 e. The van der Waals surface area contributed by atoms with Gasteiger partial charge in [-0.15, -0.1) is 0 Å². The molecule has 0 amide bonds. The number of hydrogen-bond donors (Lipinski definition) is 1. The van der Waals surface area contributed by atoms with E-state index in [0.29, 0.717) is 0 Å². The van der Waals surface area contributed by atoms with Gasteiger partial charge in [0.25, 0.3) is 0 Å². The molecule has 0 bridgehead atoms. The second kappa shape index (κ2) is 16.9. The summed E-state index contributed by atoms with van der Waals surface area (Å²) in [6, 6.07) is 0. The maximum Gasteiger partial charge on any atom is 1.00 e. The van der Waals surface area contributed by atoms with Crippen LogP contribution < -0.4 is 276 Å². The molecule has 0 aliphatic heterocycles. The van der Waals surface area contributed by atoms with Gasteiger partial charge in [-0.1, -0.05) is 0 Å². The monoisotopic (exact) mass is 397 g/mol. The summed E-state index contributed by atoms with van der Waals surface area (Å²) in [6.45, 7) is 0.133. The van der Waals surface area contributed by atoms with Gasteiger partial charge >= 0.3 is 257 Å². The van der Waals surface area contributed by atoms with Crippen LogP contribution in [0, 0.1) is 0 Å². The topological polar surface area (TPSA) is 147 Å². The first kappa shape index (κ1) is 39.5. The second-order valence-electron chi connectivity index (χ2n) is 1.97. The Hall–Kier alpha value is 8.44. The van der Waals surface area contributed by atoms with Gasteiger partial charge in [0, 0.05) is 0 Å². The molecule has 0 aromatic carbocycles. The summed E-state index contributed by atoms with van der Waals surface area (Å²) < 4.78 is 19.9. The van der Waals surface area contributed by atoms with Crippen LogP contribution in [0.2, 0.25) is 0 Å². The molecule has 0 saturated carbocycles. The second-order valence-corrected chi connectivity index (χ2v) is 6.05. The largest absolute Gasteiger partial charge is 1.00 e. The molecule has 1 N–H and O–H groups in total. The van der Waals surface area contributed by atoms with Crippen LogP contribution in [0.4, 0.5) is 0 Å². The van der Waals surface area contributed by atoms with Crippen molar-refractivity contribution in [3.05, 3.63) is 0 Å². The van der Waals surface area contributed by atoms with Crippen LogP contribution in [-0.2, 0) is 9.13 Å². The van der Waals surface area contributed by atoms with Crippen LogP contribution in [0.15, 0.2) is 0 Å². The maximum absolute atomic E-state index is 9.95. The maximum atomic E-state index is 9.95. The molecule has 0 saturated heterocycles. The summed E-state index contributed by atoms with van der Waals surface area (Å²) in [5.41, 5.74) is 0. The van der Waals surface area contributed by atoms with Crippen molar-refractivity contribution >= 4 is 15.2 Å². The van der Waals surface area contributed by atoms with Crippen LogP contribution in [0.1, 0.15) is 6.92 Å². The first-order valence-electron chi connectivity index (χ1n) is 2.27. The predicted octanol–water partition coefficient (Wildman–Crippen LogP) is -18.5. The van der Waals surface area contributed by atoms with E-state index in [1.807, 2.05) is 0 Å². The van der Waals surface area contributed by atoms with Gasteiger partial charge in [-0.25, -0.2) is 0 Å². The van der Waals surface area contributed by atoms with Crippen molar-refractivity contribution < 1.29 is 291 Å². The van der Waals surface area contributed by atoms with Crippen molar-refractivity contribution in [2.45, 2.75) is 12.0 Å².